The van der Waals surface area contributed by atoms with Crippen LogP contribution in [-0.4, -0.2) is 74.8 Å². The molecule has 0 radical (unpaired) electrons. The fourth-order valence-corrected chi connectivity index (χ4v) is 5.03. The average molecular weight is 549 g/mol. The topological polar surface area (TPSA) is 109 Å². The second kappa shape index (κ2) is 14.0. The molecule has 0 bridgehead atoms. The molecule has 1 aromatic carbocycles. The number of carbonyl (C=O) groups is 3. The van der Waals surface area contributed by atoms with Crippen molar-refractivity contribution in [3.05, 3.63) is 40.9 Å². The number of carbonyl (C=O) groups excluding carboxylic acids is 3. The molecule has 210 valence electrons. The first-order chi connectivity index (χ1) is 18.1. The van der Waals surface area contributed by atoms with Gasteiger partial charge in [0.15, 0.2) is 0 Å². The normalized spacial score (nSPS) is 22.4. The lowest BCUT2D eigenvalue weighted by molar-refractivity contribution is -0.126. The molecule has 2 aliphatic rings. The van der Waals surface area contributed by atoms with Gasteiger partial charge < -0.3 is 25.4 Å². The predicted molar refractivity (Wildman–Crippen MR) is 147 cm³/mol. The lowest BCUT2D eigenvalue weighted by atomic mass is 9.75. The summed E-state index contributed by atoms with van der Waals surface area (Å²) in [6.07, 6.45) is 6.63. The van der Waals surface area contributed by atoms with E-state index in [4.69, 9.17) is 21.1 Å². The summed E-state index contributed by atoms with van der Waals surface area (Å²) >= 11 is 6.15. The summed E-state index contributed by atoms with van der Waals surface area (Å²) in [5.74, 6) is -0.0465. The molecule has 9 nitrogen and oxygen atoms in total. The summed E-state index contributed by atoms with van der Waals surface area (Å²) < 4.78 is 11.0. The van der Waals surface area contributed by atoms with Gasteiger partial charge in [0.25, 0.3) is 5.91 Å². The Morgan fingerprint density at radius 3 is 2.66 bits per heavy atom. The van der Waals surface area contributed by atoms with Crippen molar-refractivity contribution in [2.24, 2.45) is 11.3 Å². The lowest BCUT2D eigenvalue weighted by Crippen LogP contribution is -2.52. The first-order valence-corrected chi connectivity index (χ1v) is 13.7. The number of ether oxygens (including phenoxy) is 2. The predicted octanol–water partition coefficient (Wildman–Crippen LogP) is 3.13. The molecule has 1 unspecified atom stereocenters. The van der Waals surface area contributed by atoms with Crippen LogP contribution in [-0.2, 0) is 14.3 Å². The van der Waals surface area contributed by atoms with Crippen molar-refractivity contribution in [3.63, 3.8) is 0 Å². The summed E-state index contributed by atoms with van der Waals surface area (Å²) in [4.78, 5) is 41.0. The molecule has 38 heavy (non-hydrogen) atoms. The van der Waals surface area contributed by atoms with Gasteiger partial charge in [-0.05, 0) is 75.2 Å². The average Bonchev–Trinajstić information content (AvgIpc) is 2.87. The summed E-state index contributed by atoms with van der Waals surface area (Å²) in [5, 5.41) is 9.28. The fourth-order valence-electron chi connectivity index (χ4n) is 4.85. The Kier molecular flexibility index (Phi) is 11.0. The molecule has 1 aromatic rings. The van der Waals surface area contributed by atoms with Crippen LogP contribution in [0.2, 0.25) is 5.02 Å². The molecule has 0 aromatic heterocycles. The van der Waals surface area contributed by atoms with Crippen molar-refractivity contribution in [2.75, 3.05) is 39.9 Å². The van der Waals surface area contributed by atoms with Crippen LogP contribution in [0.1, 0.15) is 56.8 Å². The Hall–Kier alpha value is -2.62. The molecule has 1 fully saturated rings. The third kappa shape index (κ3) is 8.71. The maximum atomic E-state index is 13.3. The van der Waals surface area contributed by atoms with Crippen LogP contribution in [0.25, 0.3) is 0 Å². The Morgan fingerprint density at radius 2 is 1.97 bits per heavy atom. The third-order valence-electron chi connectivity index (χ3n) is 7.21. The number of rotatable bonds is 6. The second-order valence-electron chi connectivity index (χ2n) is 10.7. The van der Waals surface area contributed by atoms with E-state index in [2.05, 4.69) is 26.9 Å². The van der Waals surface area contributed by atoms with Gasteiger partial charge in [-0.15, -0.1) is 0 Å². The summed E-state index contributed by atoms with van der Waals surface area (Å²) in [6.45, 7) is 8.43. The fraction of sp³-hybridized carbons (Fsp3) is 0.607. The zero-order chi connectivity index (χ0) is 27.7. The number of methoxy groups -OCH3 is 1. The number of nitrogens with one attached hydrogen (secondary N) is 3. The zero-order valence-electron chi connectivity index (χ0n) is 22.8. The number of benzene rings is 1. The zero-order valence-corrected chi connectivity index (χ0v) is 23.6. The highest BCUT2D eigenvalue weighted by Crippen LogP contribution is 2.35. The van der Waals surface area contributed by atoms with E-state index in [0.29, 0.717) is 42.5 Å². The number of allylic oxidation sites excluding steroid dienone is 1. The molecule has 1 saturated heterocycles. The van der Waals surface area contributed by atoms with E-state index >= 15 is 0 Å². The minimum Gasteiger partial charge on any atom is -0.489 e. The van der Waals surface area contributed by atoms with Crippen LogP contribution in [0.5, 0.6) is 5.75 Å². The number of amides is 3. The van der Waals surface area contributed by atoms with Gasteiger partial charge >= 0.3 is 0 Å². The van der Waals surface area contributed by atoms with E-state index in [0.717, 1.165) is 32.4 Å². The lowest BCUT2D eigenvalue weighted by Gasteiger charge is -2.41. The van der Waals surface area contributed by atoms with Crippen LogP contribution in [0.15, 0.2) is 30.4 Å². The van der Waals surface area contributed by atoms with Gasteiger partial charge in [0.1, 0.15) is 24.6 Å². The van der Waals surface area contributed by atoms with Crippen molar-refractivity contribution in [1.29, 1.82) is 0 Å². The molecule has 3 N–H and O–H groups in total. The van der Waals surface area contributed by atoms with E-state index < -0.39 is 11.9 Å². The van der Waals surface area contributed by atoms with Gasteiger partial charge in [-0.1, -0.05) is 37.6 Å². The highest BCUT2D eigenvalue weighted by Gasteiger charge is 2.35. The van der Waals surface area contributed by atoms with E-state index in [1.807, 2.05) is 19.9 Å². The minimum atomic E-state index is -0.684. The smallest absolute Gasteiger partial charge is 0.255 e. The molecule has 2 heterocycles. The maximum absolute atomic E-state index is 13.3. The summed E-state index contributed by atoms with van der Waals surface area (Å²) in [6, 6.07) is 4.23. The van der Waals surface area contributed by atoms with E-state index in [9.17, 15) is 14.4 Å². The van der Waals surface area contributed by atoms with Crippen LogP contribution in [0.3, 0.4) is 0 Å². The standard InChI is InChI=1S/C28H41ClN4O5/c1-19(2)15-23-27(36)30-18-28(10-12-33(13-11-28)17-25(34)31-20(3)37-4)9-5-6-14-38-24-8-7-21(29)16-22(24)26(35)32-23/h5-8,16,19-20,23H,9-15,17-18H2,1-4H3,(H,30,36)(H,31,34)(H,32,35)/b6-5+/t20?,23-/m0/s1. The van der Waals surface area contributed by atoms with Gasteiger partial charge in [-0.25, -0.2) is 0 Å². The molecule has 1 spiro atoms. The highest BCUT2D eigenvalue weighted by molar-refractivity contribution is 6.31. The van der Waals surface area contributed by atoms with Gasteiger partial charge in [-0.3, -0.25) is 19.3 Å². The monoisotopic (exact) mass is 548 g/mol. The first kappa shape index (κ1) is 29.9. The number of hydrogen-bond acceptors (Lipinski definition) is 6. The molecule has 3 amide bonds. The quantitative estimate of drug-likeness (QED) is 0.372. The molecule has 2 atom stereocenters. The van der Waals surface area contributed by atoms with Crippen molar-refractivity contribution in [2.45, 2.75) is 58.7 Å². The van der Waals surface area contributed by atoms with E-state index in [-0.39, 0.29) is 29.4 Å². The molecule has 2 aliphatic heterocycles. The molecular weight excluding hydrogens is 508 g/mol. The summed E-state index contributed by atoms with van der Waals surface area (Å²) in [5.41, 5.74) is 0.151. The molecular formula is C28H41ClN4O5. The number of likely N-dealkylation sites (tertiary alicyclic amines) is 1. The Labute approximate surface area is 230 Å². The Bertz CT molecular complexity index is 1010. The SMILES string of the molecule is COC(C)NC(=O)CN1CCC2(C/C=C/COc3ccc(Cl)cc3C(=O)N[C@@H](CC(C)C)C(=O)NC2)CC1. The number of halogens is 1. The Morgan fingerprint density at radius 1 is 1.24 bits per heavy atom. The first-order valence-electron chi connectivity index (χ1n) is 13.3. The number of hydrogen-bond donors (Lipinski definition) is 3. The third-order valence-corrected chi connectivity index (χ3v) is 7.44. The van der Waals surface area contributed by atoms with Crippen LogP contribution < -0.4 is 20.7 Å². The molecule has 3 rings (SSSR count). The number of piperidine rings is 1. The van der Waals surface area contributed by atoms with Crippen LogP contribution in [0.4, 0.5) is 0 Å². The molecule has 0 saturated carbocycles. The molecule has 10 heteroatoms. The van der Waals surface area contributed by atoms with Crippen molar-refractivity contribution < 1.29 is 23.9 Å². The summed E-state index contributed by atoms with van der Waals surface area (Å²) in [7, 11) is 1.56. The van der Waals surface area contributed by atoms with Crippen molar-refractivity contribution >= 4 is 29.3 Å². The minimum absolute atomic E-state index is 0.0690. The van der Waals surface area contributed by atoms with Gasteiger partial charge in [0.2, 0.25) is 11.8 Å². The van der Waals surface area contributed by atoms with Crippen molar-refractivity contribution in [3.8, 4) is 5.75 Å². The Balaban J connectivity index is 1.75. The van der Waals surface area contributed by atoms with E-state index in [1.165, 1.54) is 0 Å². The maximum Gasteiger partial charge on any atom is 0.255 e. The number of fused-ring (bicyclic) bond motifs is 1. The highest BCUT2D eigenvalue weighted by atomic mass is 35.5. The largest absolute Gasteiger partial charge is 0.489 e. The second-order valence-corrected chi connectivity index (χ2v) is 11.2. The van der Waals surface area contributed by atoms with Crippen LogP contribution >= 0.6 is 11.6 Å². The molecule has 0 aliphatic carbocycles. The van der Waals surface area contributed by atoms with Gasteiger partial charge in [0.05, 0.1) is 12.1 Å². The van der Waals surface area contributed by atoms with Crippen LogP contribution in [0, 0.1) is 11.3 Å². The number of nitrogens with zero attached hydrogens (tertiary/aromatic N) is 1. The van der Waals surface area contributed by atoms with Gasteiger partial charge in [0, 0.05) is 18.7 Å². The van der Waals surface area contributed by atoms with E-state index in [1.54, 1.807) is 32.2 Å². The van der Waals surface area contributed by atoms with Crippen molar-refractivity contribution in [1.82, 2.24) is 20.9 Å². The van der Waals surface area contributed by atoms with Gasteiger partial charge in [-0.2, -0.15) is 0 Å².